The predicted molar refractivity (Wildman–Crippen MR) is 48.6 cm³/mol. The van der Waals surface area contributed by atoms with Gasteiger partial charge in [0.25, 0.3) is 0 Å². The minimum atomic E-state index is -1.24. The first-order chi connectivity index (χ1) is 7.09. The summed E-state index contributed by atoms with van der Waals surface area (Å²) in [5, 5.41) is 8.75. The maximum Gasteiger partial charge on any atom is 0.336 e. The van der Waals surface area contributed by atoms with Crippen molar-refractivity contribution < 1.29 is 18.7 Å². The van der Waals surface area contributed by atoms with E-state index in [2.05, 4.69) is 4.98 Å². The standard InChI is InChI=1S/C10H5F2NO2/c11-5-3-7-6(10(14)15)1-2-13-9(7)8(12)4-5/h1-4H,(H,14,15). The highest BCUT2D eigenvalue weighted by Gasteiger charge is 2.12. The number of pyridine rings is 1. The highest BCUT2D eigenvalue weighted by atomic mass is 19.1. The molecule has 0 aliphatic heterocycles. The molecule has 0 saturated heterocycles. The van der Waals surface area contributed by atoms with E-state index in [1.54, 1.807) is 0 Å². The van der Waals surface area contributed by atoms with Gasteiger partial charge in [-0.2, -0.15) is 0 Å². The Morgan fingerprint density at radius 1 is 1.33 bits per heavy atom. The molecular weight excluding hydrogens is 204 g/mol. The van der Waals surface area contributed by atoms with E-state index in [4.69, 9.17) is 5.11 Å². The van der Waals surface area contributed by atoms with Crippen LogP contribution in [0.1, 0.15) is 10.4 Å². The number of aromatic carboxylic acids is 1. The highest BCUT2D eigenvalue weighted by molar-refractivity contribution is 6.02. The van der Waals surface area contributed by atoms with Crippen molar-refractivity contribution in [1.82, 2.24) is 4.98 Å². The summed E-state index contributed by atoms with van der Waals surface area (Å²) in [6.45, 7) is 0. The van der Waals surface area contributed by atoms with E-state index in [0.29, 0.717) is 6.07 Å². The van der Waals surface area contributed by atoms with Gasteiger partial charge in [0, 0.05) is 17.6 Å². The number of fused-ring (bicyclic) bond motifs is 1. The van der Waals surface area contributed by atoms with Gasteiger partial charge in [0.15, 0.2) is 5.82 Å². The fraction of sp³-hybridized carbons (Fsp3) is 0. The van der Waals surface area contributed by atoms with Gasteiger partial charge < -0.3 is 5.11 Å². The number of halogens is 2. The van der Waals surface area contributed by atoms with Crippen LogP contribution in [0, 0.1) is 11.6 Å². The second-order valence-electron chi connectivity index (χ2n) is 2.95. The SMILES string of the molecule is O=C(O)c1ccnc2c(F)cc(F)cc12. The van der Waals surface area contributed by atoms with E-state index >= 15 is 0 Å². The van der Waals surface area contributed by atoms with E-state index in [9.17, 15) is 13.6 Å². The normalized spacial score (nSPS) is 10.5. The molecule has 1 N–H and O–H groups in total. The summed E-state index contributed by atoms with van der Waals surface area (Å²) in [7, 11) is 0. The lowest BCUT2D eigenvalue weighted by atomic mass is 10.1. The smallest absolute Gasteiger partial charge is 0.336 e. The van der Waals surface area contributed by atoms with Crippen LogP contribution >= 0.6 is 0 Å². The molecule has 1 heterocycles. The number of rotatable bonds is 1. The van der Waals surface area contributed by atoms with Crippen molar-refractivity contribution in [3.63, 3.8) is 0 Å². The van der Waals surface area contributed by atoms with Crippen LogP contribution in [0.25, 0.3) is 10.9 Å². The lowest BCUT2D eigenvalue weighted by Gasteiger charge is -2.02. The molecule has 0 fully saturated rings. The molecule has 0 aliphatic rings. The first kappa shape index (κ1) is 9.51. The lowest BCUT2D eigenvalue weighted by Crippen LogP contribution is -1.99. The number of nitrogens with zero attached hydrogens (tertiary/aromatic N) is 1. The number of aromatic nitrogens is 1. The first-order valence-electron chi connectivity index (χ1n) is 4.06. The molecular formula is C10H5F2NO2. The van der Waals surface area contributed by atoms with Gasteiger partial charge in [-0.15, -0.1) is 0 Å². The number of benzene rings is 1. The van der Waals surface area contributed by atoms with Crippen LogP contribution in [0.3, 0.4) is 0 Å². The minimum absolute atomic E-state index is 0.0394. The van der Waals surface area contributed by atoms with E-state index in [1.165, 1.54) is 12.3 Å². The minimum Gasteiger partial charge on any atom is -0.478 e. The summed E-state index contributed by atoms with van der Waals surface area (Å²) in [4.78, 5) is 14.4. The Balaban J connectivity index is 2.91. The molecule has 0 aliphatic carbocycles. The third-order valence-corrected chi connectivity index (χ3v) is 1.99. The zero-order valence-corrected chi connectivity index (χ0v) is 7.37. The topological polar surface area (TPSA) is 50.2 Å². The summed E-state index contributed by atoms with van der Waals surface area (Å²) in [5.74, 6) is -2.93. The summed E-state index contributed by atoms with van der Waals surface area (Å²) in [5.41, 5.74) is -0.310. The van der Waals surface area contributed by atoms with Crippen molar-refractivity contribution >= 4 is 16.9 Å². The van der Waals surface area contributed by atoms with E-state index < -0.39 is 17.6 Å². The summed E-state index contributed by atoms with van der Waals surface area (Å²) in [6.07, 6.45) is 1.17. The Labute approximate surface area is 83.0 Å². The van der Waals surface area contributed by atoms with Crippen molar-refractivity contribution in [2.75, 3.05) is 0 Å². The van der Waals surface area contributed by atoms with Crippen molar-refractivity contribution in [2.45, 2.75) is 0 Å². The lowest BCUT2D eigenvalue weighted by molar-refractivity contribution is 0.0699. The molecule has 0 radical (unpaired) electrons. The highest BCUT2D eigenvalue weighted by Crippen LogP contribution is 2.20. The van der Waals surface area contributed by atoms with Gasteiger partial charge >= 0.3 is 5.97 Å². The molecule has 0 unspecified atom stereocenters. The Hall–Kier alpha value is -2.04. The van der Waals surface area contributed by atoms with Crippen molar-refractivity contribution in [3.05, 3.63) is 41.6 Å². The van der Waals surface area contributed by atoms with Gasteiger partial charge in [-0.3, -0.25) is 4.98 Å². The number of carbonyl (C=O) groups is 1. The molecule has 1 aromatic heterocycles. The molecule has 0 amide bonds. The molecule has 1 aromatic carbocycles. The fourth-order valence-corrected chi connectivity index (χ4v) is 1.37. The Bertz CT molecular complexity index is 554. The zero-order chi connectivity index (χ0) is 11.0. The monoisotopic (exact) mass is 209 g/mol. The molecule has 0 spiro atoms. The molecule has 3 nitrogen and oxygen atoms in total. The Morgan fingerprint density at radius 3 is 2.73 bits per heavy atom. The van der Waals surface area contributed by atoms with Crippen LogP contribution in [-0.2, 0) is 0 Å². The van der Waals surface area contributed by atoms with Gasteiger partial charge in [0.05, 0.1) is 5.56 Å². The molecule has 0 atom stereocenters. The molecule has 2 aromatic rings. The van der Waals surface area contributed by atoms with Crippen molar-refractivity contribution in [1.29, 1.82) is 0 Å². The van der Waals surface area contributed by atoms with Gasteiger partial charge in [0.1, 0.15) is 11.3 Å². The Kier molecular flexibility index (Phi) is 2.07. The number of hydrogen-bond acceptors (Lipinski definition) is 2. The van der Waals surface area contributed by atoms with Gasteiger partial charge in [0.2, 0.25) is 0 Å². The predicted octanol–water partition coefficient (Wildman–Crippen LogP) is 2.21. The van der Waals surface area contributed by atoms with E-state index in [0.717, 1.165) is 6.07 Å². The zero-order valence-electron chi connectivity index (χ0n) is 7.37. The van der Waals surface area contributed by atoms with Crippen molar-refractivity contribution in [2.24, 2.45) is 0 Å². The molecule has 15 heavy (non-hydrogen) atoms. The van der Waals surface area contributed by atoms with Gasteiger partial charge in [-0.25, -0.2) is 13.6 Å². The molecule has 0 bridgehead atoms. The summed E-state index contributed by atoms with van der Waals surface area (Å²) < 4.78 is 26.1. The van der Waals surface area contributed by atoms with Crippen LogP contribution in [0.4, 0.5) is 8.78 Å². The number of carboxylic acid groups (broad SMARTS) is 1. The first-order valence-corrected chi connectivity index (χ1v) is 4.06. The maximum atomic E-state index is 13.2. The van der Waals surface area contributed by atoms with Crippen LogP contribution in [0.2, 0.25) is 0 Å². The summed E-state index contributed by atoms with van der Waals surface area (Å²) >= 11 is 0. The van der Waals surface area contributed by atoms with Gasteiger partial charge in [-0.05, 0) is 12.1 Å². The Morgan fingerprint density at radius 2 is 2.07 bits per heavy atom. The molecule has 5 heteroatoms. The van der Waals surface area contributed by atoms with Crippen LogP contribution in [0.15, 0.2) is 24.4 Å². The maximum absolute atomic E-state index is 13.2. The second kappa shape index (κ2) is 3.27. The largest absolute Gasteiger partial charge is 0.478 e. The van der Waals surface area contributed by atoms with Crippen LogP contribution in [0.5, 0.6) is 0 Å². The van der Waals surface area contributed by atoms with Crippen LogP contribution in [-0.4, -0.2) is 16.1 Å². The van der Waals surface area contributed by atoms with E-state index in [1.807, 2.05) is 0 Å². The number of carboxylic acids is 1. The van der Waals surface area contributed by atoms with Gasteiger partial charge in [-0.1, -0.05) is 0 Å². The summed E-state index contributed by atoms with van der Waals surface area (Å²) in [6, 6.07) is 2.82. The number of hydrogen-bond donors (Lipinski definition) is 1. The average Bonchev–Trinajstić information content (AvgIpc) is 2.16. The third-order valence-electron chi connectivity index (χ3n) is 1.99. The van der Waals surface area contributed by atoms with Crippen LogP contribution < -0.4 is 0 Å². The quantitative estimate of drug-likeness (QED) is 0.783. The second-order valence-corrected chi connectivity index (χ2v) is 2.95. The third kappa shape index (κ3) is 1.52. The molecule has 2 rings (SSSR count). The van der Waals surface area contributed by atoms with Crippen molar-refractivity contribution in [3.8, 4) is 0 Å². The van der Waals surface area contributed by atoms with E-state index in [-0.39, 0.29) is 16.5 Å². The average molecular weight is 209 g/mol. The molecule has 76 valence electrons. The fourth-order valence-electron chi connectivity index (χ4n) is 1.37. The molecule has 0 saturated carbocycles.